The topological polar surface area (TPSA) is 216 Å². The Morgan fingerprint density at radius 3 is 2.24 bits per heavy atom. The van der Waals surface area contributed by atoms with Crippen LogP contribution in [0.1, 0.15) is 59.0 Å². The average molecular weight is 959 g/mol. The Hall–Kier alpha value is -4.98. The van der Waals surface area contributed by atoms with Gasteiger partial charge in [-0.25, -0.2) is 23.6 Å². The fourth-order valence-electron chi connectivity index (χ4n) is 5.10. The van der Waals surface area contributed by atoms with Crippen molar-refractivity contribution in [2.24, 2.45) is 0 Å². The Bertz CT molecular complexity index is 2080. The van der Waals surface area contributed by atoms with E-state index in [4.69, 9.17) is 19.1 Å². The second kappa shape index (κ2) is 24.2. The molecule has 22 heteroatoms. The number of carbonyl (C=O) groups is 3. The number of halogens is 4. The van der Waals surface area contributed by atoms with Crippen LogP contribution in [0.25, 0.3) is 0 Å². The number of nitro groups is 1. The summed E-state index contributed by atoms with van der Waals surface area (Å²) in [5.74, 6) is -5.04. The maximum atomic E-state index is 14.6. The maximum Gasteiger partial charge on any atom is 0.348 e. The Morgan fingerprint density at radius 1 is 0.814 bits per heavy atom. The number of nitrogens with one attached hydrogen (secondary N) is 6. The molecule has 0 bridgehead atoms. The number of anilines is 5. The van der Waals surface area contributed by atoms with Crippen molar-refractivity contribution in [2.75, 3.05) is 67.6 Å². The molecular formula is C37H42F3IN8O9S. The molecule has 3 aromatic carbocycles. The van der Waals surface area contributed by atoms with Crippen molar-refractivity contribution in [3.63, 3.8) is 0 Å². The zero-order valence-electron chi connectivity index (χ0n) is 31.9. The molecule has 0 aliphatic heterocycles. The Morgan fingerprint density at radius 2 is 1.53 bits per heavy atom. The highest BCUT2D eigenvalue weighted by molar-refractivity contribution is 14.1. The Balaban J connectivity index is 1.00. The van der Waals surface area contributed by atoms with Crippen molar-refractivity contribution in [3.05, 3.63) is 96.5 Å². The van der Waals surface area contributed by atoms with E-state index in [1.54, 1.807) is 18.2 Å². The lowest BCUT2D eigenvalue weighted by Gasteiger charge is -2.14. The van der Waals surface area contributed by atoms with Crippen molar-refractivity contribution < 1.29 is 51.6 Å². The van der Waals surface area contributed by atoms with Crippen molar-refractivity contribution >= 4 is 84.5 Å². The van der Waals surface area contributed by atoms with Crippen LogP contribution in [0.2, 0.25) is 0 Å². The molecule has 318 valence electrons. The molecule has 0 spiro atoms. The van der Waals surface area contributed by atoms with Gasteiger partial charge >= 0.3 is 5.00 Å². The van der Waals surface area contributed by atoms with Crippen molar-refractivity contribution in [1.82, 2.24) is 15.9 Å². The normalized spacial score (nSPS) is 10.9. The molecular weight excluding hydrogens is 916 g/mol. The van der Waals surface area contributed by atoms with E-state index in [2.05, 4.69) is 37.2 Å². The molecule has 17 nitrogen and oxygen atoms in total. The highest BCUT2D eigenvalue weighted by atomic mass is 127. The minimum Gasteiger partial charge on any atom is -0.379 e. The molecule has 0 aliphatic carbocycles. The first-order valence-electron chi connectivity index (χ1n) is 18.0. The number of hydrogen-bond donors (Lipinski definition) is 6. The number of benzene rings is 3. The number of thiazole rings is 1. The lowest BCUT2D eigenvalue weighted by atomic mass is 10.1. The second-order valence-electron chi connectivity index (χ2n) is 12.4. The lowest BCUT2D eigenvalue weighted by Crippen LogP contribution is -2.25. The number of ether oxygens (including phenoxy) is 2. The Labute approximate surface area is 354 Å². The lowest BCUT2D eigenvalue weighted by molar-refractivity contribution is -0.380. The standard InChI is InChI=1S/C37H42F3IN8O9S/c1-22-36(49(53)54)59-37(44-22)47-34(51)26-9-8-25(20-31(26)45-23(2)50)42-21-43-57-18-17-56-16-15-55-13-5-3-4-6-14-58-48-35(52)27-10-11-28(38)32(40)33(27)46-30-12-7-24(41)19-29(30)39/h7-12,19-20,42-43,46H,3-6,13-18,21H2,1-2H3,(H,45,50)(H,48,52)(H,44,47,51). The molecule has 3 amide bonds. The van der Waals surface area contributed by atoms with E-state index in [1.165, 1.54) is 32.0 Å². The van der Waals surface area contributed by atoms with Gasteiger partial charge in [-0.05, 0) is 102 Å². The summed E-state index contributed by atoms with van der Waals surface area (Å²) in [5, 5.41) is 21.6. The number of nitrogens with zero attached hydrogens (tertiary/aromatic N) is 2. The number of carbonyl (C=O) groups excluding carboxylic acids is 3. The summed E-state index contributed by atoms with van der Waals surface area (Å²) in [7, 11) is 0. The van der Waals surface area contributed by atoms with Crippen LogP contribution in [-0.2, 0) is 23.9 Å². The molecule has 1 heterocycles. The number of amides is 3. The van der Waals surface area contributed by atoms with Gasteiger partial charge in [0.25, 0.3) is 11.8 Å². The number of hydroxylamine groups is 2. The molecule has 0 saturated heterocycles. The zero-order chi connectivity index (χ0) is 42.7. The van der Waals surface area contributed by atoms with Gasteiger partial charge in [-0.15, -0.1) is 0 Å². The number of aryl methyl sites for hydroxylation is 1. The predicted molar refractivity (Wildman–Crippen MR) is 222 cm³/mol. The monoisotopic (exact) mass is 958 g/mol. The van der Waals surface area contributed by atoms with E-state index in [0.717, 1.165) is 42.7 Å². The summed E-state index contributed by atoms with van der Waals surface area (Å²) in [6.45, 7) is 5.00. The van der Waals surface area contributed by atoms with Gasteiger partial charge < -0.3 is 25.4 Å². The first-order chi connectivity index (χ1) is 28.3. The molecule has 0 fully saturated rings. The first-order valence-corrected chi connectivity index (χ1v) is 19.9. The van der Waals surface area contributed by atoms with E-state index in [9.17, 15) is 37.7 Å². The predicted octanol–water partition coefficient (Wildman–Crippen LogP) is 7.18. The molecule has 0 unspecified atom stereocenters. The van der Waals surface area contributed by atoms with Crippen LogP contribution in [0.3, 0.4) is 0 Å². The number of hydrogen-bond acceptors (Lipinski definition) is 14. The van der Waals surface area contributed by atoms with Crippen LogP contribution in [-0.4, -0.2) is 73.9 Å². The third kappa shape index (κ3) is 15.3. The van der Waals surface area contributed by atoms with Crippen LogP contribution < -0.4 is 32.2 Å². The molecule has 4 aromatic rings. The van der Waals surface area contributed by atoms with E-state index >= 15 is 0 Å². The second-order valence-corrected chi connectivity index (χ2v) is 14.6. The zero-order valence-corrected chi connectivity index (χ0v) is 34.9. The number of unbranched alkanes of at least 4 members (excludes halogenated alkanes) is 3. The maximum absolute atomic E-state index is 14.6. The summed E-state index contributed by atoms with van der Waals surface area (Å²) in [6, 6.07) is 10.7. The highest BCUT2D eigenvalue weighted by Gasteiger charge is 2.22. The highest BCUT2D eigenvalue weighted by Crippen LogP contribution is 2.31. The summed E-state index contributed by atoms with van der Waals surface area (Å²) in [6.07, 6.45) is 3.06. The number of rotatable bonds is 25. The minimum absolute atomic E-state index is 0.0591. The molecule has 59 heavy (non-hydrogen) atoms. The van der Waals surface area contributed by atoms with Gasteiger partial charge in [0.05, 0.1) is 72.8 Å². The summed E-state index contributed by atoms with van der Waals surface area (Å²) in [4.78, 5) is 62.4. The van der Waals surface area contributed by atoms with Crippen LogP contribution in [0.5, 0.6) is 0 Å². The summed E-state index contributed by atoms with van der Waals surface area (Å²) >= 11 is 2.64. The van der Waals surface area contributed by atoms with Crippen molar-refractivity contribution in [3.8, 4) is 0 Å². The van der Waals surface area contributed by atoms with Gasteiger partial charge in [0, 0.05) is 22.8 Å². The van der Waals surface area contributed by atoms with Crippen LogP contribution in [0.4, 0.5) is 46.1 Å². The number of aromatic nitrogens is 1. The molecule has 1 aromatic heterocycles. The van der Waals surface area contributed by atoms with E-state index in [1.807, 2.05) is 22.6 Å². The van der Waals surface area contributed by atoms with Crippen LogP contribution >= 0.6 is 33.9 Å². The summed E-state index contributed by atoms with van der Waals surface area (Å²) < 4.78 is 54.5. The van der Waals surface area contributed by atoms with Gasteiger partial charge in [0.1, 0.15) is 11.5 Å². The molecule has 0 aliphatic rings. The van der Waals surface area contributed by atoms with Gasteiger partial charge in [-0.1, -0.05) is 12.8 Å². The minimum atomic E-state index is -1.32. The Kier molecular flexibility index (Phi) is 19.1. The van der Waals surface area contributed by atoms with E-state index < -0.39 is 45.8 Å². The molecule has 0 saturated carbocycles. The van der Waals surface area contributed by atoms with E-state index in [0.29, 0.717) is 42.1 Å². The largest absolute Gasteiger partial charge is 0.379 e. The van der Waals surface area contributed by atoms with Gasteiger partial charge in [-0.3, -0.25) is 39.5 Å². The van der Waals surface area contributed by atoms with E-state index in [-0.39, 0.29) is 58.2 Å². The SMILES string of the molecule is CC(=O)Nc1cc(NCNOCCOCCOCCCCCCONC(=O)c2ccc(F)c(F)c2Nc2ccc(I)cc2F)ccc1C(=O)Nc1nc(C)c([N+](=O)[O-])s1. The van der Waals surface area contributed by atoms with Gasteiger partial charge in [-0.2, -0.15) is 5.48 Å². The molecule has 0 atom stereocenters. The summed E-state index contributed by atoms with van der Waals surface area (Å²) in [5.41, 5.74) is 5.16. The fraction of sp³-hybridized carbons (Fsp3) is 0.351. The van der Waals surface area contributed by atoms with Crippen LogP contribution in [0.15, 0.2) is 48.5 Å². The fourth-order valence-corrected chi connectivity index (χ4v) is 6.33. The van der Waals surface area contributed by atoms with Crippen molar-refractivity contribution in [2.45, 2.75) is 39.5 Å². The van der Waals surface area contributed by atoms with Crippen molar-refractivity contribution in [1.29, 1.82) is 0 Å². The van der Waals surface area contributed by atoms with Gasteiger partial charge in [0.15, 0.2) is 16.8 Å². The average Bonchev–Trinajstić information content (AvgIpc) is 3.56. The molecule has 6 N–H and O–H groups in total. The third-order valence-electron chi connectivity index (χ3n) is 7.88. The van der Waals surface area contributed by atoms with Gasteiger partial charge in [0.2, 0.25) is 5.91 Å². The molecule has 0 radical (unpaired) electrons. The smallest absolute Gasteiger partial charge is 0.348 e. The third-order valence-corrected chi connectivity index (χ3v) is 9.58. The quantitative estimate of drug-likeness (QED) is 0.0128. The first kappa shape index (κ1) is 46.7. The van der Waals surface area contributed by atoms with Crippen LogP contribution in [0, 0.1) is 38.1 Å². The molecule has 4 rings (SSSR count).